The largest absolute Gasteiger partial charge is 0.330 e. The normalized spacial score (nSPS) is 14.8. The van der Waals surface area contributed by atoms with E-state index in [1.165, 1.54) is 5.69 Å². The van der Waals surface area contributed by atoms with Gasteiger partial charge in [-0.15, -0.1) is 6.58 Å². The minimum Gasteiger partial charge on any atom is -0.330 e. The average Bonchev–Trinajstić information content (AvgIpc) is 2.71. The highest BCUT2D eigenvalue weighted by molar-refractivity contribution is 5.14. The van der Waals surface area contributed by atoms with Crippen molar-refractivity contribution in [3.63, 3.8) is 0 Å². The predicted octanol–water partition coefficient (Wildman–Crippen LogP) is 2.16. The smallest absolute Gasteiger partial charge is 0.0624 e. The highest BCUT2D eigenvalue weighted by Gasteiger charge is 2.21. The zero-order valence-electron chi connectivity index (χ0n) is 10.7. The molecule has 90 valence electrons. The summed E-state index contributed by atoms with van der Waals surface area (Å²) < 4.78 is 2.07. The second-order valence-electron chi connectivity index (χ2n) is 4.54. The average molecular weight is 221 g/mol. The van der Waals surface area contributed by atoms with Crippen LogP contribution in [0.3, 0.4) is 0 Å². The second-order valence-corrected chi connectivity index (χ2v) is 4.54. The summed E-state index contributed by atoms with van der Waals surface area (Å²) in [6.45, 7) is 11.8. The molecule has 0 aliphatic heterocycles. The Hall–Kier alpha value is -1.09. The van der Waals surface area contributed by atoms with Crippen LogP contribution in [0.2, 0.25) is 0 Å². The SMILES string of the molecule is C=CC(C)(CN)Cc1cc(CC)nn1CC. The van der Waals surface area contributed by atoms with Crippen molar-refractivity contribution >= 4 is 0 Å². The number of hydrogen-bond donors (Lipinski definition) is 1. The van der Waals surface area contributed by atoms with Crippen LogP contribution in [0.1, 0.15) is 32.2 Å². The van der Waals surface area contributed by atoms with Gasteiger partial charge in [0, 0.05) is 24.2 Å². The quantitative estimate of drug-likeness (QED) is 0.748. The maximum atomic E-state index is 5.80. The molecule has 3 heteroatoms. The van der Waals surface area contributed by atoms with Crippen LogP contribution in [-0.4, -0.2) is 16.3 Å². The number of rotatable bonds is 6. The lowest BCUT2D eigenvalue weighted by molar-refractivity contribution is 0.419. The fraction of sp³-hybridized carbons (Fsp3) is 0.615. The maximum Gasteiger partial charge on any atom is 0.0624 e. The third kappa shape index (κ3) is 2.73. The molecule has 1 aromatic heterocycles. The Morgan fingerprint density at radius 1 is 1.56 bits per heavy atom. The predicted molar refractivity (Wildman–Crippen MR) is 68.3 cm³/mol. The van der Waals surface area contributed by atoms with E-state index in [-0.39, 0.29) is 5.41 Å². The molecule has 0 aliphatic rings. The van der Waals surface area contributed by atoms with Crippen molar-refractivity contribution in [2.24, 2.45) is 11.1 Å². The molecule has 1 aromatic rings. The third-order valence-electron chi connectivity index (χ3n) is 3.12. The summed E-state index contributed by atoms with van der Waals surface area (Å²) in [5, 5.41) is 4.54. The summed E-state index contributed by atoms with van der Waals surface area (Å²) in [6, 6.07) is 2.18. The van der Waals surface area contributed by atoms with E-state index in [1.54, 1.807) is 0 Å². The number of nitrogens with zero attached hydrogens (tertiary/aromatic N) is 2. The Morgan fingerprint density at radius 2 is 2.25 bits per heavy atom. The molecular formula is C13H23N3. The van der Waals surface area contributed by atoms with E-state index in [4.69, 9.17) is 5.73 Å². The van der Waals surface area contributed by atoms with Crippen molar-refractivity contribution in [1.82, 2.24) is 9.78 Å². The second kappa shape index (κ2) is 5.30. The molecule has 0 saturated carbocycles. The van der Waals surface area contributed by atoms with Crippen LogP contribution in [0, 0.1) is 5.41 Å². The molecule has 2 N–H and O–H groups in total. The van der Waals surface area contributed by atoms with E-state index in [0.717, 1.165) is 25.1 Å². The molecule has 0 aromatic carbocycles. The Labute approximate surface area is 98.3 Å². The fourth-order valence-corrected chi connectivity index (χ4v) is 1.75. The van der Waals surface area contributed by atoms with Crippen LogP contribution in [0.25, 0.3) is 0 Å². The summed E-state index contributed by atoms with van der Waals surface area (Å²) >= 11 is 0. The van der Waals surface area contributed by atoms with Crippen molar-refractivity contribution in [3.8, 4) is 0 Å². The zero-order chi connectivity index (χ0) is 12.2. The molecular weight excluding hydrogens is 198 g/mol. The standard InChI is InChI=1S/C13H23N3/c1-5-11-8-12(16(7-3)15-11)9-13(4,6-2)10-14/h6,8H,2,5,7,9-10,14H2,1,3-4H3. The molecule has 0 aliphatic carbocycles. The van der Waals surface area contributed by atoms with E-state index >= 15 is 0 Å². The van der Waals surface area contributed by atoms with Gasteiger partial charge in [0.15, 0.2) is 0 Å². The first-order chi connectivity index (χ1) is 7.58. The molecule has 0 radical (unpaired) electrons. The first-order valence-corrected chi connectivity index (χ1v) is 5.97. The van der Waals surface area contributed by atoms with Crippen LogP contribution >= 0.6 is 0 Å². The minimum absolute atomic E-state index is 0.0298. The van der Waals surface area contributed by atoms with Gasteiger partial charge in [-0.2, -0.15) is 5.10 Å². The first kappa shape index (κ1) is 13.0. The number of aryl methyl sites for hydroxylation is 2. The van der Waals surface area contributed by atoms with Gasteiger partial charge in [-0.3, -0.25) is 4.68 Å². The highest BCUT2D eigenvalue weighted by Crippen LogP contribution is 2.23. The third-order valence-corrected chi connectivity index (χ3v) is 3.12. The summed E-state index contributed by atoms with van der Waals surface area (Å²) in [6.07, 6.45) is 3.84. The van der Waals surface area contributed by atoms with Crippen molar-refractivity contribution in [2.75, 3.05) is 6.54 Å². The summed E-state index contributed by atoms with van der Waals surface area (Å²) in [5.74, 6) is 0. The molecule has 0 amide bonds. The topological polar surface area (TPSA) is 43.8 Å². The molecule has 16 heavy (non-hydrogen) atoms. The van der Waals surface area contributed by atoms with E-state index in [0.29, 0.717) is 6.54 Å². The van der Waals surface area contributed by atoms with Gasteiger partial charge in [0.05, 0.1) is 5.69 Å². The Kier molecular flexibility index (Phi) is 4.30. The van der Waals surface area contributed by atoms with Crippen LogP contribution in [-0.2, 0) is 19.4 Å². The molecule has 1 atom stereocenters. The highest BCUT2D eigenvalue weighted by atomic mass is 15.3. The van der Waals surface area contributed by atoms with Gasteiger partial charge >= 0.3 is 0 Å². The summed E-state index contributed by atoms with van der Waals surface area (Å²) in [5.41, 5.74) is 8.18. The van der Waals surface area contributed by atoms with Crippen LogP contribution < -0.4 is 5.73 Å². The number of hydrogen-bond acceptors (Lipinski definition) is 2. The number of aromatic nitrogens is 2. The van der Waals surface area contributed by atoms with Crippen molar-refractivity contribution in [2.45, 2.75) is 40.2 Å². The van der Waals surface area contributed by atoms with E-state index in [2.05, 4.69) is 43.2 Å². The monoisotopic (exact) mass is 221 g/mol. The van der Waals surface area contributed by atoms with Gasteiger partial charge < -0.3 is 5.73 Å². The van der Waals surface area contributed by atoms with Crippen molar-refractivity contribution < 1.29 is 0 Å². The zero-order valence-corrected chi connectivity index (χ0v) is 10.7. The molecule has 3 nitrogen and oxygen atoms in total. The van der Waals surface area contributed by atoms with Crippen molar-refractivity contribution in [1.29, 1.82) is 0 Å². The Balaban J connectivity index is 2.94. The van der Waals surface area contributed by atoms with E-state index in [9.17, 15) is 0 Å². The molecule has 0 spiro atoms. The molecule has 1 heterocycles. The molecule has 0 saturated heterocycles. The van der Waals surface area contributed by atoms with Gasteiger partial charge in [-0.25, -0.2) is 0 Å². The van der Waals surface area contributed by atoms with Gasteiger partial charge in [0.2, 0.25) is 0 Å². The molecule has 0 fully saturated rings. The van der Waals surface area contributed by atoms with E-state index in [1.807, 2.05) is 6.08 Å². The Bertz CT molecular complexity index is 354. The molecule has 1 rings (SSSR count). The van der Waals surface area contributed by atoms with Gasteiger partial charge in [-0.05, 0) is 25.8 Å². The number of nitrogens with two attached hydrogens (primary N) is 1. The lowest BCUT2D eigenvalue weighted by Crippen LogP contribution is -2.28. The van der Waals surface area contributed by atoms with Crippen LogP contribution in [0.4, 0.5) is 0 Å². The summed E-state index contributed by atoms with van der Waals surface area (Å²) in [7, 11) is 0. The van der Waals surface area contributed by atoms with Gasteiger partial charge in [-0.1, -0.05) is 19.9 Å². The van der Waals surface area contributed by atoms with E-state index < -0.39 is 0 Å². The lowest BCUT2D eigenvalue weighted by atomic mass is 9.85. The van der Waals surface area contributed by atoms with Crippen molar-refractivity contribution in [3.05, 3.63) is 30.1 Å². The molecule has 1 unspecified atom stereocenters. The van der Waals surface area contributed by atoms with Gasteiger partial charge in [0.1, 0.15) is 0 Å². The Morgan fingerprint density at radius 3 is 2.69 bits per heavy atom. The molecule has 0 bridgehead atoms. The summed E-state index contributed by atoms with van der Waals surface area (Å²) in [4.78, 5) is 0. The lowest BCUT2D eigenvalue weighted by Gasteiger charge is -2.23. The first-order valence-electron chi connectivity index (χ1n) is 5.97. The maximum absolute atomic E-state index is 5.80. The van der Waals surface area contributed by atoms with Crippen LogP contribution in [0.5, 0.6) is 0 Å². The fourth-order valence-electron chi connectivity index (χ4n) is 1.75. The van der Waals surface area contributed by atoms with Gasteiger partial charge in [0.25, 0.3) is 0 Å². The van der Waals surface area contributed by atoms with Crippen LogP contribution in [0.15, 0.2) is 18.7 Å². The minimum atomic E-state index is -0.0298.